The van der Waals surface area contributed by atoms with E-state index in [0.29, 0.717) is 0 Å². The molecule has 0 saturated carbocycles. The maximum absolute atomic E-state index is 4.11. The summed E-state index contributed by atoms with van der Waals surface area (Å²) in [5.41, 5.74) is 4.56. The zero-order valence-electron chi connectivity index (χ0n) is 10.0. The van der Waals surface area contributed by atoms with Crippen molar-refractivity contribution < 1.29 is 0 Å². The second-order valence-electron chi connectivity index (χ2n) is 4.20. The first-order valence-electron chi connectivity index (χ1n) is 5.70. The molecular weight excluding hydrogens is 210 g/mol. The fraction of sp³-hybridized carbons (Fsp3) is 0.214. The highest BCUT2D eigenvalue weighted by Gasteiger charge is 2.06. The maximum Gasteiger partial charge on any atom is 0.0695 e. The predicted molar refractivity (Wildman–Crippen MR) is 70.5 cm³/mol. The molecule has 1 aromatic heterocycles. The molecule has 0 radical (unpaired) electrons. The van der Waals surface area contributed by atoms with Crippen LogP contribution < -0.4 is 5.32 Å². The normalized spacial score (nSPS) is 10.4. The van der Waals surface area contributed by atoms with Gasteiger partial charge in [0.15, 0.2) is 0 Å². The van der Waals surface area contributed by atoms with Gasteiger partial charge in [-0.05, 0) is 12.5 Å². The summed E-state index contributed by atoms with van der Waals surface area (Å²) < 4.78 is 0. The maximum atomic E-state index is 4.11. The quantitative estimate of drug-likeness (QED) is 0.771. The van der Waals surface area contributed by atoms with Gasteiger partial charge in [-0.1, -0.05) is 42.5 Å². The number of benzene rings is 1. The van der Waals surface area contributed by atoms with Crippen LogP contribution in [0.25, 0.3) is 11.3 Å². The molecule has 2 N–H and O–H groups in total. The van der Waals surface area contributed by atoms with Gasteiger partial charge in [-0.2, -0.15) is 5.10 Å². The van der Waals surface area contributed by atoms with Gasteiger partial charge in [0.05, 0.1) is 11.9 Å². The Balaban J connectivity index is 2.10. The van der Waals surface area contributed by atoms with Gasteiger partial charge in [-0.25, -0.2) is 0 Å². The Morgan fingerprint density at radius 3 is 2.82 bits per heavy atom. The third kappa shape index (κ3) is 3.04. The van der Waals surface area contributed by atoms with Crippen molar-refractivity contribution in [2.24, 2.45) is 0 Å². The Bertz CT molecular complexity index is 485. The average Bonchev–Trinajstić information content (AvgIpc) is 2.78. The second kappa shape index (κ2) is 5.46. The lowest BCUT2D eigenvalue weighted by molar-refractivity contribution is 0.742. The van der Waals surface area contributed by atoms with E-state index in [-0.39, 0.29) is 0 Å². The molecule has 88 valence electrons. The van der Waals surface area contributed by atoms with E-state index in [0.717, 1.165) is 29.9 Å². The summed E-state index contributed by atoms with van der Waals surface area (Å²) in [5, 5.41) is 10.5. The van der Waals surface area contributed by atoms with Crippen molar-refractivity contribution in [1.29, 1.82) is 0 Å². The molecule has 0 fully saturated rings. The lowest BCUT2D eigenvalue weighted by atomic mass is 10.1. The fourth-order valence-corrected chi connectivity index (χ4v) is 1.71. The third-order valence-corrected chi connectivity index (χ3v) is 2.52. The van der Waals surface area contributed by atoms with Crippen LogP contribution in [0.3, 0.4) is 0 Å². The summed E-state index contributed by atoms with van der Waals surface area (Å²) >= 11 is 0. The van der Waals surface area contributed by atoms with E-state index in [2.05, 4.69) is 34.2 Å². The first-order chi connectivity index (χ1) is 8.27. The fourth-order valence-electron chi connectivity index (χ4n) is 1.71. The average molecular weight is 227 g/mol. The van der Waals surface area contributed by atoms with Crippen molar-refractivity contribution in [2.75, 3.05) is 6.54 Å². The Kier molecular flexibility index (Phi) is 3.73. The molecule has 2 rings (SSSR count). The topological polar surface area (TPSA) is 40.7 Å². The number of H-pyrrole nitrogens is 1. The summed E-state index contributed by atoms with van der Waals surface area (Å²) in [6.45, 7) is 7.51. The van der Waals surface area contributed by atoms with E-state index in [1.54, 1.807) is 0 Å². The van der Waals surface area contributed by atoms with Crippen LogP contribution in [0.4, 0.5) is 0 Å². The molecule has 0 spiro atoms. The summed E-state index contributed by atoms with van der Waals surface area (Å²) in [6, 6.07) is 10.2. The Hall–Kier alpha value is -1.87. The monoisotopic (exact) mass is 227 g/mol. The molecule has 0 aliphatic heterocycles. The molecule has 0 aliphatic carbocycles. The van der Waals surface area contributed by atoms with Crippen LogP contribution in [-0.4, -0.2) is 16.7 Å². The van der Waals surface area contributed by atoms with Crippen molar-refractivity contribution in [3.05, 3.63) is 54.2 Å². The molecule has 1 aromatic carbocycles. The van der Waals surface area contributed by atoms with Crippen molar-refractivity contribution in [3.63, 3.8) is 0 Å². The minimum absolute atomic E-state index is 0.799. The predicted octanol–water partition coefficient (Wildman–Crippen LogP) is 2.74. The lowest BCUT2D eigenvalue weighted by Gasteiger charge is -2.05. The molecule has 2 aromatic rings. The number of aromatic nitrogens is 2. The number of rotatable bonds is 5. The number of aromatic amines is 1. The largest absolute Gasteiger partial charge is 0.309 e. The molecule has 1 heterocycles. The van der Waals surface area contributed by atoms with E-state index in [1.807, 2.05) is 31.3 Å². The standard InChI is InChI=1S/C14H17N3/c1-11(2)8-15-9-13-10-16-17-14(13)12-6-4-3-5-7-12/h3-7,10,15H,1,8-9H2,2H3,(H,16,17). The summed E-state index contributed by atoms with van der Waals surface area (Å²) in [6.07, 6.45) is 1.87. The molecule has 0 aliphatic rings. The summed E-state index contributed by atoms with van der Waals surface area (Å²) in [4.78, 5) is 0. The van der Waals surface area contributed by atoms with Crippen molar-refractivity contribution in [1.82, 2.24) is 15.5 Å². The van der Waals surface area contributed by atoms with Crippen molar-refractivity contribution in [3.8, 4) is 11.3 Å². The van der Waals surface area contributed by atoms with E-state index < -0.39 is 0 Å². The molecule has 0 bridgehead atoms. The minimum Gasteiger partial charge on any atom is -0.309 e. The van der Waals surface area contributed by atoms with Crippen LogP contribution in [-0.2, 0) is 6.54 Å². The lowest BCUT2D eigenvalue weighted by Crippen LogP contribution is -2.15. The van der Waals surface area contributed by atoms with Gasteiger partial charge in [0.1, 0.15) is 0 Å². The molecule has 0 amide bonds. The first-order valence-corrected chi connectivity index (χ1v) is 5.70. The van der Waals surface area contributed by atoms with Crippen LogP contribution in [0, 0.1) is 0 Å². The number of hydrogen-bond donors (Lipinski definition) is 2. The van der Waals surface area contributed by atoms with E-state index >= 15 is 0 Å². The second-order valence-corrected chi connectivity index (χ2v) is 4.20. The van der Waals surface area contributed by atoms with Crippen molar-refractivity contribution in [2.45, 2.75) is 13.5 Å². The number of nitrogens with zero attached hydrogens (tertiary/aromatic N) is 1. The van der Waals surface area contributed by atoms with Gasteiger partial charge in [-0.15, -0.1) is 0 Å². The SMILES string of the molecule is C=C(C)CNCc1cn[nH]c1-c1ccccc1. The van der Waals surface area contributed by atoms with Gasteiger partial charge >= 0.3 is 0 Å². The van der Waals surface area contributed by atoms with Crippen LogP contribution in [0.2, 0.25) is 0 Å². The van der Waals surface area contributed by atoms with Crippen LogP contribution >= 0.6 is 0 Å². The molecule has 0 atom stereocenters. The van der Waals surface area contributed by atoms with Crippen LogP contribution in [0.5, 0.6) is 0 Å². The molecule has 0 saturated heterocycles. The van der Waals surface area contributed by atoms with E-state index in [4.69, 9.17) is 0 Å². The Morgan fingerprint density at radius 1 is 1.35 bits per heavy atom. The molecule has 17 heavy (non-hydrogen) atoms. The molecule has 3 heteroatoms. The van der Waals surface area contributed by atoms with Gasteiger partial charge in [-0.3, -0.25) is 5.10 Å². The highest BCUT2D eigenvalue weighted by atomic mass is 15.1. The smallest absolute Gasteiger partial charge is 0.0695 e. The third-order valence-electron chi connectivity index (χ3n) is 2.52. The van der Waals surface area contributed by atoms with Gasteiger partial charge in [0.25, 0.3) is 0 Å². The van der Waals surface area contributed by atoms with Crippen LogP contribution in [0.15, 0.2) is 48.7 Å². The zero-order chi connectivity index (χ0) is 12.1. The molecule has 0 unspecified atom stereocenters. The van der Waals surface area contributed by atoms with Gasteiger partial charge in [0, 0.05) is 18.7 Å². The highest BCUT2D eigenvalue weighted by Crippen LogP contribution is 2.20. The molecular formula is C14H17N3. The first kappa shape index (κ1) is 11.6. The Morgan fingerprint density at radius 2 is 2.12 bits per heavy atom. The van der Waals surface area contributed by atoms with Gasteiger partial charge in [0.2, 0.25) is 0 Å². The van der Waals surface area contributed by atoms with Gasteiger partial charge < -0.3 is 5.32 Å². The molecule has 3 nitrogen and oxygen atoms in total. The number of hydrogen-bond acceptors (Lipinski definition) is 2. The minimum atomic E-state index is 0.799. The summed E-state index contributed by atoms with van der Waals surface area (Å²) in [7, 11) is 0. The van der Waals surface area contributed by atoms with Crippen molar-refractivity contribution >= 4 is 0 Å². The number of nitrogens with one attached hydrogen (secondary N) is 2. The zero-order valence-corrected chi connectivity index (χ0v) is 10.0. The van der Waals surface area contributed by atoms with E-state index in [1.165, 1.54) is 5.56 Å². The highest BCUT2D eigenvalue weighted by molar-refractivity contribution is 5.62. The summed E-state index contributed by atoms with van der Waals surface area (Å²) in [5.74, 6) is 0. The van der Waals surface area contributed by atoms with Crippen LogP contribution in [0.1, 0.15) is 12.5 Å². The van der Waals surface area contributed by atoms with E-state index in [9.17, 15) is 0 Å². The Labute approximate surface area is 102 Å².